The molecule has 0 radical (unpaired) electrons. The Morgan fingerprint density at radius 1 is 1.31 bits per heavy atom. The maximum atomic E-state index is 4.34. The van der Waals surface area contributed by atoms with Crippen molar-refractivity contribution in [2.24, 2.45) is 10.2 Å². The highest BCUT2D eigenvalue weighted by atomic mass is 15.2. The van der Waals surface area contributed by atoms with Crippen molar-refractivity contribution in [3.05, 3.63) is 35.9 Å². The first-order chi connectivity index (χ1) is 6.21. The molecule has 0 fully saturated rings. The van der Waals surface area contributed by atoms with Crippen LogP contribution < -0.4 is 0 Å². The molecule has 0 aromatic heterocycles. The zero-order chi connectivity index (χ0) is 9.31. The van der Waals surface area contributed by atoms with Crippen LogP contribution >= 0.6 is 0 Å². The van der Waals surface area contributed by atoms with Crippen molar-refractivity contribution in [2.75, 3.05) is 0 Å². The largest absolute Gasteiger partial charge is 0.190 e. The zero-order valence-corrected chi connectivity index (χ0v) is 8.07. The molecule has 2 nitrogen and oxygen atoms in total. The molecule has 0 saturated carbocycles. The monoisotopic (exact) mass is 174 g/mol. The normalized spacial score (nSPS) is 32.3. The van der Waals surface area contributed by atoms with Gasteiger partial charge in [0.05, 0.1) is 6.04 Å². The van der Waals surface area contributed by atoms with Crippen LogP contribution in [0.4, 0.5) is 0 Å². The molecular weight excluding hydrogens is 160 g/mol. The molecule has 1 aliphatic heterocycles. The minimum atomic E-state index is -0.0827. The van der Waals surface area contributed by atoms with Gasteiger partial charge >= 0.3 is 0 Å². The van der Waals surface area contributed by atoms with E-state index in [1.54, 1.807) is 0 Å². The highest BCUT2D eigenvalue weighted by Gasteiger charge is 2.32. The minimum absolute atomic E-state index is 0.0827. The first-order valence-electron chi connectivity index (χ1n) is 4.68. The van der Waals surface area contributed by atoms with Gasteiger partial charge in [-0.3, -0.25) is 0 Å². The molecule has 13 heavy (non-hydrogen) atoms. The molecule has 1 aromatic carbocycles. The SMILES string of the molecule is CC1CC(C)(c2ccccc2)N=N1. The lowest BCUT2D eigenvalue weighted by Crippen LogP contribution is -2.17. The first-order valence-corrected chi connectivity index (χ1v) is 4.68. The van der Waals surface area contributed by atoms with Gasteiger partial charge in [0.2, 0.25) is 0 Å². The van der Waals surface area contributed by atoms with E-state index in [0.29, 0.717) is 6.04 Å². The standard InChI is InChI=1S/C11H14N2/c1-9-8-11(2,13-12-9)10-6-4-3-5-7-10/h3-7,9H,8H2,1-2H3. The van der Waals surface area contributed by atoms with Crippen LogP contribution in [0, 0.1) is 0 Å². The minimum Gasteiger partial charge on any atom is -0.190 e. The molecular formula is C11H14N2. The Labute approximate surface area is 78.7 Å². The van der Waals surface area contributed by atoms with Crippen LogP contribution in [-0.2, 0) is 5.54 Å². The molecule has 0 spiro atoms. The van der Waals surface area contributed by atoms with Gasteiger partial charge in [0.25, 0.3) is 0 Å². The van der Waals surface area contributed by atoms with Crippen molar-refractivity contribution in [3.8, 4) is 0 Å². The van der Waals surface area contributed by atoms with Gasteiger partial charge in [-0.15, -0.1) is 0 Å². The van der Waals surface area contributed by atoms with E-state index in [4.69, 9.17) is 0 Å². The van der Waals surface area contributed by atoms with Crippen LogP contribution in [0.15, 0.2) is 40.6 Å². The van der Waals surface area contributed by atoms with Crippen molar-refractivity contribution >= 4 is 0 Å². The third-order valence-corrected chi connectivity index (χ3v) is 2.56. The van der Waals surface area contributed by atoms with E-state index in [2.05, 4.69) is 48.3 Å². The highest BCUT2D eigenvalue weighted by Crippen LogP contribution is 2.36. The van der Waals surface area contributed by atoms with Gasteiger partial charge in [0, 0.05) is 6.42 Å². The maximum absolute atomic E-state index is 4.34. The Bertz CT molecular complexity index is 318. The van der Waals surface area contributed by atoms with Crippen LogP contribution in [0.25, 0.3) is 0 Å². The fourth-order valence-electron chi connectivity index (χ4n) is 1.86. The van der Waals surface area contributed by atoms with Gasteiger partial charge in [-0.1, -0.05) is 30.3 Å². The lowest BCUT2D eigenvalue weighted by molar-refractivity contribution is 0.482. The summed E-state index contributed by atoms with van der Waals surface area (Å²) in [6, 6.07) is 10.7. The number of benzene rings is 1. The second-order valence-electron chi connectivity index (χ2n) is 3.91. The first kappa shape index (κ1) is 8.42. The van der Waals surface area contributed by atoms with Crippen molar-refractivity contribution in [2.45, 2.75) is 31.8 Å². The molecule has 1 heterocycles. The van der Waals surface area contributed by atoms with Crippen molar-refractivity contribution in [1.82, 2.24) is 0 Å². The van der Waals surface area contributed by atoms with Crippen LogP contribution in [-0.4, -0.2) is 6.04 Å². The van der Waals surface area contributed by atoms with Crippen LogP contribution in [0.3, 0.4) is 0 Å². The summed E-state index contributed by atoms with van der Waals surface area (Å²) in [5.41, 5.74) is 1.18. The van der Waals surface area contributed by atoms with Crippen LogP contribution in [0.2, 0.25) is 0 Å². The number of azo groups is 1. The molecule has 0 bridgehead atoms. The van der Waals surface area contributed by atoms with Gasteiger partial charge in [0.15, 0.2) is 0 Å². The summed E-state index contributed by atoms with van der Waals surface area (Å²) in [5.74, 6) is 0. The lowest BCUT2D eigenvalue weighted by Gasteiger charge is -2.19. The second kappa shape index (κ2) is 2.95. The van der Waals surface area contributed by atoms with Gasteiger partial charge < -0.3 is 0 Å². The van der Waals surface area contributed by atoms with E-state index in [9.17, 15) is 0 Å². The highest BCUT2D eigenvalue weighted by molar-refractivity contribution is 5.24. The number of hydrogen-bond acceptors (Lipinski definition) is 2. The van der Waals surface area contributed by atoms with E-state index >= 15 is 0 Å². The molecule has 1 aromatic rings. The number of hydrogen-bond donors (Lipinski definition) is 0. The summed E-state index contributed by atoms with van der Waals surface area (Å²) in [5, 5.41) is 8.53. The van der Waals surface area contributed by atoms with E-state index in [1.807, 2.05) is 6.07 Å². The molecule has 0 N–H and O–H groups in total. The van der Waals surface area contributed by atoms with Gasteiger partial charge in [0.1, 0.15) is 5.54 Å². The molecule has 2 atom stereocenters. The van der Waals surface area contributed by atoms with Crippen LogP contribution in [0.5, 0.6) is 0 Å². The molecule has 2 rings (SSSR count). The fraction of sp³-hybridized carbons (Fsp3) is 0.455. The summed E-state index contributed by atoms with van der Waals surface area (Å²) in [6.45, 7) is 4.26. The summed E-state index contributed by atoms with van der Waals surface area (Å²) in [6.07, 6.45) is 1.02. The zero-order valence-electron chi connectivity index (χ0n) is 8.07. The smallest absolute Gasteiger partial charge is 0.106 e. The molecule has 0 amide bonds. The number of rotatable bonds is 1. The second-order valence-corrected chi connectivity index (χ2v) is 3.91. The summed E-state index contributed by atoms with van der Waals surface area (Å²) >= 11 is 0. The number of nitrogens with zero attached hydrogens (tertiary/aromatic N) is 2. The molecule has 0 saturated heterocycles. The summed E-state index contributed by atoms with van der Waals surface area (Å²) < 4.78 is 0. The fourth-order valence-corrected chi connectivity index (χ4v) is 1.86. The van der Waals surface area contributed by atoms with Crippen molar-refractivity contribution in [1.29, 1.82) is 0 Å². The Kier molecular flexibility index (Phi) is 1.91. The maximum Gasteiger partial charge on any atom is 0.106 e. The molecule has 1 aliphatic rings. The Morgan fingerprint density at radius 2 is 2.00 bits per heavy atom. The Morgan fingerprint density at radius 3 is 2.54 bits per heavy atom. The molecule has 0 aliphatic carbocycles. The quantitative estimate of drug-likeness (QED) is 0.625. The van der Waals surface area contributed by atoms with E-state index in [0.717, 1.165) is 6.42 Å². The van der Waals surface area contributed by atoms with Gasteiger partial charge in [-0.25, -0.2) is 0 Å². The van der Waals surface area contributed by atoms with E-state index in [1.165, 1.54) is 5.56 Å². The summed E-state index contributed by atoms with van der Waals surface area (Å²) in [4.78, 5) is 0. The molecule has 2 heteroatoms. The van der Waals surface area contributed by atoms with Gasteiger partial charge in [-0.2, -0.15) is 10.2 Å². The topological polar surface area (TPSA) is 24.7 Å². The third-order valence-electron chi connectivity index (χ3n) is 2.56. The van der Waals surface area contributed by atoms with E-state index in [-0.39, 0.29) is 5.54 Å². The molecule has 68 valence electrons. The Balaban J connectivity index is 2.32. The third kappa shape index (κ3) is 1.48. The average molecular weight is 174 g/mol. The molecule has 2 unspecified atom stereocenters. The average Bonchev–Trinajstić information content (AvgIpc) is 2.49. The van der Waals surface area contributed by atoms with Crippen LogP contribution in [0.1, 0.15) is 25.8 Å². The van der Waals surface area contributed by atoms with Crippen molar-refractivity contribution < 1.29 is 0 Å². The predicted molar refractivity (Wildman–Crippen MR) is 52.7 cm³/mol. The predicted octanol–water partition coefficient (Wildman–Crippen LogP) is 3.15. The summed E-state index contributed by atoms with van der Waals surface area (Å²) in [7, 11) is 0. The van der Waals surface area contributed by atoms with Crippen molar-refractivity contribution in [3.63, 3.8) is 0 Å². The van der Waals surface area contributed by atoms with Gasteiger partial charge in [-0.05, 0) is 19.4 Å². The Hall–Kier alpha value is -1.18. The van der Waals surface area contributed by atoms with E-state index < -0.39 is 0 Å². The lowest BCUT2D eigenvalue weighted by atomic mass is 9.88.